The fraction of sp³-hybridized carbons (Fsp3) is 0.464. The lowest BCUT2D eigenvalue weighted by atomic mass is 9.71. The molecule has 0 unspecified atom stereocenters. The van der Waals surface area contributed by atoms with E-state index in [0.29, 0.717) is 33.8 Å². The van der Waals surface area contributed by atoms with Crippen molar-refractivity contribution in [3.05, 3.63) is 63.6 Å². The highest BCUT2D eigenvalue weighted by molar-refractivity contribution is 6.35. The summed E-state index contributed by atoms with van der Waals surface area (Å²) < 4.78 is 0. The van der Waals surface area contributed by atoms with Crippen LogP contribution in [0.5, 0.6) is 0 Å². The largest absolute Gasteiger partial charge is 0.481 e. The number of nitrogens with zero attached hydrogens (tertiary/aromatic N) is 1. The Kier molecular flexibility index (Phi) is 9.85. The molecule has 0 bridgehead atoms. The summed E-state index contributed by atoms with van der Waals surface area (Å²) in [5.41, 5.74) is 2.09. The Morgan fingerprint density at radius 3 is 2.11 bits per heavy atom. The van der Waals surface area contributed by atoms with Crippen LogP contribution in [0.1, 0.15) is 68.8 Å². The van der Waals surface area contributed by atoms with Crippen LogP contribution in [-0.4, -0.2) is 40.5 Å². The van der Waals surface area contributed by atoms with Crippen LogP contribution in [0, 0.1) is 11.3 Å². The standard InChI is InChI=1S/C28H35Cl2N3O4/c1-28(2,3)20-8-10-24(11-9-20)33(27(37)32-23-15-21(29)14-22(30)16-23)17-18-4-6-19(7-5-18)26(36)31-13-12-25(34)35/h4-7,14-16,20,24H,8-13,17H2,1-3H3,(H,31,36)(H,32,37)(H,34,35). The summed E-state index contributed by atoms with van der Waals surface area (Å²) in [5, 5.41) is 15.2. The van der Waals surface area contributed by atoms with Crippen molar-refractivity contribution in [2.45, 2.75) is 65.5 Å². The van der Waals surface area contributed by atoms with Gasteiger partial charge in [-0.1, -0.05) is 56.1 Å². The van der Waals surface area contributed by atoms with Crippen LogP contribution in [0.15, 0.2) is 42.5 Å². The van der Waals surface area contributed by atoms with E-state index in [1.54, 1.807) is 30.3 Å². The zero-order valence-corrected chi connectivity index (χ0v) is 23.0. The van der Waals surface area contributed by atoms with Gasteiger partial charge in [0.05, 0.1) is 6.42 Å². The quantitative estimate of drug-likeness (QED) is 0.337. The molecule has 7 nitrogen and oxygen atoms in total. The molecule has 1 aliphatic carbocycles. The molecule has 1 saturated carbocycles. The maximum Gasteiger partial charge on any atom is 0.322 e. The number of carbonyl (C=O) groups is 3. The van der Waals surface area contributed by atoms with Crippen LogP contribution in [-0.2, 0) is 11.3 Å². The number of hydrogen-bond donors (Lipinski definition) is 3. The van der Waals surface area contributed by atoms with E-state index in [2.05, 4.69) is 31.4 Å². The Labute approximate surface area is 228 Å². The van der Waals surface area contributed by atoms with Gasteiger partial charge in [0.25, 0.3) is 5.91 Å². The molecule has 200 valence electrons. The highest BCUT2D eigenvalue weighted by Gasteiger charge is 2.33. The molecule has 3 N–H and O–H groups in total. The molecule has 2 aromatic rings. The van der Waals surface area contributed by atoms with Crippen molar-refractivity contribution in [1.29, 1.82) is 0 Å². The fourth-order valence-corrected chi connectivity index (χ4v) is 5.31. The van der Waals surface area contributed by atoms with E-state index in [0.717, 1.165) is 31.2 Å². The second kappa shape index (κ2) is 12.7. The molecule has 9 heteroatoms. The van der Waals surface area contributed by atoms with Gasteiger partial charge in [0.2, 0.25) is 0 Å². The van der Waals surface area contributed by atoms with E-state index in [1.807, 2.05) is 17.0 Å². The molecular formula is C28H35Cl2N3O4. The molecule has 3 rings (SSSR count). The Morgan fingerprint density at radius 1 is 0.973 bits per heavy atom. The van der Waals surface area contributed by atoms with Gasteiger partial charge in [-0.3, -0.25) is 9.59 Å². The van der Waals surface area contributed by atoms with Gasteiger partial charge in [0.1, 0.15) is 0 Å². The predicted octanol–water partition coefficient (Wildman–Crippen LogP) is 6.84. The number of amides is 3. The van der Waals surface area contributed by atoms with Gasteiger partial charge >= 0.3 is 12.0 Å². The number of anilines is 1. The molecule has 0 heterocycles. The first kappa shape index (κ1) is 28.8. The molecule has 0 saturated heterocycles. The molecule has 0 aromatic heterocycles. The number of carbonyl (C=O) groups excluding carboxylic acids is 2. The number of carboxylic acid groups (broad SMARTS) is 1. The van der Waals surface area contributed by atoms with Crippen molar-refractivity contribution < 1.29 is 19.5 Å². The maximum absolute atomic E-state index is 13.5. The molecular weight excluding hydrogens is 513 g/mol. The van der Waals surface area contributed by atoms with Crippen molar-refractivity contribution in [3.63, 3.8) is 0 Å². The minimum absolute atomic E-state index is 0.0641. The lowest BCUT2D eigenvalue weighted by molar-refractivity contribution is -0.136. The zero-order valence-electron chi connectivity index (χ0n) is 21.5. The average molecular weight is 549 g/mol. The molecule has 1 fully saturated rings. The van der Waals surface area contributed by atoms with E-state index in [-0.39, 0.29) is 36.4 Å². The van der Waals surface area contributed by atoms with E-state index in [9.17, 15) is 14.4 Å². The highest BCUT2D eigenvalue weighted by atomic mass is 35.5. The number of hydrogen-bond acceptors (Lipinski definition) is 3. The topological polar surface area (TPSA) is 98.7 Å². The maximum atomic E-state index is 13.5. The Balaban J connectivity index is 1.74. The van der Waals surface area contributed by atoms with Crippen molar-refractivity contribution in [1.82, 2.24) is 10.2 Å². The fourth-order valence-electron chi connectivity index (χ4n) is 4.78. The number of nitrogens with one attached hydrogen (secondary N) is 2. The summed E-state index contributed by atoms with van der Waals surface area (Å²) in [4.78, 5) is 38.3. The van der Waals surface area contributed by atoms with E-state index >= 15 is 0 Å². The Morgan fingerprint density at radius 2 is 1.57 bits per heavy atom. The molecule has 1 aliphatic rings. The first-order valence-corrected chi connectivity index (χ1v) is 13.3. The zero-order chi connectivity index (χ0) is 27.2. The third kappa shape index (κ3) is 8.64. The summed E-state index contributed by atoms with van der Waals surface area (Å²) in [5.74, 6) is -0.689. The number of rotatable bonds is 8. The van der Waals surface area contributed by atoms with Crippen molar-refractivity contribution in [2.75, 3.05) is 11.9 Å². The van der Waals surface area contributed by atoms with Crippen molar-refractivity contribution >= 4 is 46.8 Å². The summed E-state index contributed by atoms with van der Waals surface area (Å²) in [6.45, 7) is 7.25. The van der Waals surface area contributed by atoms with Gasteiger partial charge in [0, 0.05) is 40.4 Å². The smallest absolute Gasteiger partial charge is 0.322 e. The third-order valence-electron chi connectivity index (χ3n) is 6.93. The molecule has 0 spiro atoms. The summed E-state index contributed by atoms with van der Waals surface area (Å²) in [6, 6.07) is 11.8. The van der Waals surface area contributed by atoms with Crippen LogP contribution in [0.3, 0.4) is 0 Å². The Hall–Kier alpha value is -2.77. The molecule has 0 atom stereocenters. The molecule has 2 aromatic carbocycles. The Bertz CT molecular complexity index is 1090. The van der Waals surface area contributed by atoms with Gasteiger partial charge < -0.3 is 20.6 Å². The van der Waals surface area contributed by atoms with E-state index in [1.165, 1.54) is 0 Å². The second-order valence-electron chi connectivity index (χ2n) is 10.7. The monoisotopic (exact) mass is 547 g/mol. The minimum Gasteiger partial charge on any atom is -0.481 e. The van der Waals surface area contributed by atoms with Gasteiger partial charge in [-0.2, -0.15) is 0 Å². The lowest BCUT2D eigenvalue weighted by Crippen LogP contribution is -2.45. The van der Waals surface area contributed by atoms with Gasteiger partial charge in [-0.05, 0) is 72.9 Å². The number of benzene rings is 2. The number of urea groups is 1. The van der Waals surface area contributed by atoms with Crippen LogP contribution < -0.4 is 10.6 Å². The van der Waals surface area contributed by atoms with Crippen molar-refractivity contribution in [3.8, 4) is 0 Å². The van der Waals surface area contributed by atoms with Crippen LogP contribution in [0.25, 0.3) is 0 Å². The minimum atomic E-state index is -0.967. The normalized spacial score (nSPS) is 17.6. The number of aliphatic carboxylic acids is 1. The SMILES string of the molecule is CC(C)(C)C1CCC(N(Cc2ccc(C(=O)NCCC(=O)O)cc2)C(=O)Nc2cc(Cl)cc(Cl)c2)CC1. The first-order valence-electron chi connectivity index (χ1n) is 12.5. The van der Waals surface area contributed by atoms with E-state index < -0.39 is 5.97 Å². The lowest BCUT2D eigenvalue weighted by Gasteiger charge is -2.41. The average Bonchev–Trinajstić information content (AvgIpc) is 2.81. The van der Waals surface area contributed by atoms with Gasteiger partial charge in [-0.25, -0.2) is 4.79 Å². The second-order valence-corrected chi connectivity index (χ2v) is 11.6. The predicted molar refractivity (Wildman–Crippen MR) is 147 cm³/mol. The molecule has 3 amide bonds. The van der Waals surface area contributed by atoms with E-state index in [4.69, 9.17) is 28.3 Å². The third-order valence-corrected chi connectivity index (χ3v) is 7.37. The number of halogens is 2. The summed E-state index contributed by atoms with van der Waals surface area (Å²) in [7, 11) is 0. The van der Waals surface area contributed by atoms with Gasteiger partial charge in [-0.15, -0.1) is 0 Å². The molecule has 37 heavy (non-hydrogen) atoms. The molecule has 0 aliphatic heterocycles. The van der Waals surface area contributed by atoms with Gasteiger partial charge in [0.15, 0.2) is 0 Å². The van der Waals surface area contributed by atoms with Crippen LogP contribution in [0.2, 0.25) is 10.0 Å². The number of carboxylic acids is 1. The van der Waals surface area contributed by atoms with Crippen LogP contribution >= 0.6 is 23.2 Å². The first-order chi connectivity index (χ1) is 17.4. The molecule has 0 radical (unpaired) electrons. The highest BCUT2D eigenvalue weighted by Crippen LogP contribution is 2.39. The van der Waals surface area contributed by atoms with Crippen molar-refractivity contribution in [2.24, 2.45) is 11.3 Å². The summed E-state index contributed by atoms with van der Waals surface area (Å²) in [6.07, 6.45) is 3.79. The summed E-state index contributed by atoms with van der Waals surface area (Å²) >= 11 is 12.3. The van der Waals surface area contributed by atoms with Crippen LogP contribution in [0.4, 0.5) is 10.5 Å².